The van der Waals surface area contributed by atoms with E-state index >= 15 is 0 Å². The van der Waals surface area contributed by atoms with E-state index in [2.05, 4.69) is 27.0 Å². The maximum absolute atomic E-state index is 9.91. The van der Waals surface area contributed by atoms with Crippen LogP contribution in [0, 0.1) is 11.8 Å². The van der Waals surface area contributed by atoms with Gasteiger partial charge in [0.1, 0.15) is 5.75 Å². The summed E-state index contributed by atoms with van der Waals surface area (Å²) in [5.74, 6) is 2.12. The highest BCUT2D eigenvalue weighted by Crippen LogP contribution is 2.52. The van der Waals surface area contributed by atoms with E-state index in [0.29, 0.717) is 11.7 Å². The number of hydrogen-bond acceptors (Lipinski definition) is 1. The standard InChI is InChI=1S/C19H27NO/c1-13-18-10-15-6-7-16(21)11-17(15)19(13,2)8-9-20(18,3)12-14-4-5-14/h6-7,11,13-14,18H,4-5,8-10,12H2,1-3H3/p+1/t13-,18+,19?,20?/m0/s1. The SMILES string of the molecule is C[C@H]1[C@H]2Cc3ccc(O)cc3C1(C)CC[N+]2(C)CC1CC1. The van der Waals surface area contributed by atoms with Gasteiger partial charge in [-0.05, 0) is 36.1 Å². The molecular formula is C19H28NO+. The lowest BCUT2D eigenvalue weighted by atomic mass is 9.58. The molecule has 1 N–H and O–H groups in total. The topological polar surface area (TPSA) is 20.2 Å². The molecule has 1 aliphatic heterocycles. The summed E-state index contributed by atoms with van der Waals surface area (Å²) in [6.07, 6.45) is 5.35. The van der Waals surface area contributed by atoms with Gasteiger partial charge in [-0.1, -0.05) is 19.9 Å². The lowest BCUT2D eigenvalue weighted by molar-refractivity contribution is -0.946. The van der Waals surface area contributed by atoms with Crippen LogP contribution in [0.4, 0.5) is 0 Å². The Hall–Kier alpha value is -1.02. The van der Waals surface area contributed by atoms with Crippen LogP contribution < -0.4 is 0 Å². The second-order valence-electron chi connectivity index (χ2n) is 8.40. The van der Waals surface area contributed by atoms with Crippen molar-refractivity contribution >= 4 is 0 Å². The molecule has 2 bridgehead atoms. The van der Waals surface area contributed by atoms with Gasteiger partial charge in [-0.15, -0.1) is 0 Å². The minimum atomic E-state index is 0.248. The fourth-order valence-corrected chi connectivity index (χ4v) is 5.24. The molecule has 4 atom stereocenters. The van der Waals surface area contributed by atoms with Crippen LogP contribution in [0.15, 0.2) is 18.2 Å². The first-order valence-electron chi connectivity index (χ1n) is 8.59. The summed E-state index contributed by atoms with van der Waals surface area (Å²) in [6, 6.07) is 6.84. The molecule has 3 aliphatic rings. The van der Waals surface area contributed by atoms with Gasteiger partial charge in [0.15, 0.2) is 0 Å². The quantitative estimate of drug-likeness (QED) is 0.825. The van der Waals surface area contributed by atoms with E-state index in [1.54, 1.807) is 0 Å². The Labute approximate surface area is 128 Å². The number of piperidine rings is 1. The van der Waals surface area contributed by atoms with Gasteiger partial charge in [-0.25, -0.2) is 0 Å². The smallest absolute Gasteiger partial charge is 0.115 e. The molecule has 4 rings (SSSR count). The predicted molar refractivity (Wildman–Crippen MR) is 85.4 cm³/mol. The van der Waals surface area contributed by atoms with Crippen molar-refractivity contribution in [2.24, 2.45) is 11.8 Å². The number of quaternary nitrogens is 1. The zero-order chi connectivity index (χ0) is 14.8. The summed E-state index contributed by atoms with van der Waals surface area (Å²) in [6.45, 7) is 7.58. The Morgan fingerprint density at radius 3 is 2.81 bits per heavy atom. The number of fused-ring (bicyclic) bond motifs is 4. The molecule has 114 valence electrons. The minimum absolute atomic E-state index is 0.248. The number of rotatable bonds is 2. The molecule has 0 aromatic heterocycles. The third-order valence-corrected chi connectivity index (χ3v) is 7.03. The highest BCUT2D eigenvalue weighted by Gasteiger charge is 2.55. The number of likely N-dealkylation sites (tertiary alicyclic amines) is 1. The Balaban J connectivity index is 1.76. The molecule has 2 fully saturated rings. The minimum Gasteiger partial charge on any atom is -0.508 e. The third kappa shape index (κ3) is 1.95. The van der Waals surface area contributed by atoms with Crippen molar-refractivity contribution in [3.05, 3.63) is 29.3 Å². The van der Waals surface area contributed by atoms with E-state index in [0.717, 1.165) is 12.0 Å². The fourth-order valence-electron chi connectivity index (χ4n) is 5.24. The third-order valence-electron chi connectivity index (χ3n) is 7.03. The summed E-state index contributed by atoms with van der Waals surface area (Å²) in [5.41, 5.74) is 3.15. The van der Waals surface area contributed by atoms with Gasteiger partial charge in [0.05, 0.1) is 26.2 Å². The van der Waals surface area contributed by atoms with E-state index in [4.69, 9.17) is 0 Å². The van der Waals surface area contributed by atoms with Crippen LogP contribution in [0.3, 0.4) is 0 Å². The first-order valence-corrected chi connectivity index (χ1v) is 8.59. The molecule has 2 unspecified atom stereocenters. The highest BCUT2D eigenvalue weighted by molar-refractivity contribution is 5.43. The average Bonchev–Trinajstić information content (AvgIpc) is 3.24. The molecule has 0 radical (unpaired) electrons. The van der Waals surface area contributed by atoms with Crippen molar-refractivity contribution in [3.8, 4) is 5.75 Å². The van der Waals surface area contributed by atoms with Crippen molar-refractivity contribution in [1.29, 1.82) is 0 Å². The number of phenols is 1. The van der Waals surface area contributed by atoms with Gasteiger partial charge in [0, 0.05) is 30.1 Å². The van der Waals surface area contributed by atoms with E-state index < -0.39 is 0 Å². The molecule has 2 heteroatoms. The van der Waals surface area contributed by atoms with Crippen LogP contribution in [-0.2, 0) is 11.8 Å². The van der Waals surface area contributed by atoms with Gasteiger partial charge in [-0.2, -0.15) is 0 Å². The van der Waals surface area contributed by atoms with Gasteiger partial charge in [-0.3, -0.25) is 0 Å². The molecule has 1 saturated carbocycles. The lowest BCUT2D eigenvalue weighted by Crippen LogP contribution is -2.67. The normalized spacial score (nSPS) is 41.7. The lowest BCUT2D eigenvalue weighted by Gasteiger charge is -2.58. The molecule has 1 saturated heterocycles. The maximum atomic E-state index is 9.91. The number of hydrogen-bond donors (Lipinski definition) is 1. The number of aromatic hydroxyl groups is 1. The molecule has 21 heavy (non-hydrogen) atoms. The molecule has 0 amide bonds. The zero-order valence-electron chi connectivity index (χ0n) is 13.6. The van der Waals surface area contributed by atoms with E-state index in [9.17, 15) is 5.11 Å². The summed E-state index contributed by atoms with van der Waals surface area (Å²) < 4.78 is 1.28. The number of likely N-dealkylation sites (N-methyl/N-ethyl adjacent to an activating group) is 1. The van der Waals surface area contributed by atoms with Crippen LogP contribution in [0.1, 0.15) is 44.2 Å². The second kappa shape index (κ2) is 4.25. The van der Waals surface area contributed by atoms with Crippen molar-refractivity contribution in [3.63, 3.8) is 0 Å². The Morgan fingerprint density at radius 2 is 2.10 bits per heavy atom. The number of benzene rings is 1. The average molecular weight is 286 g/mol. The first kappa shape index (κ1) is 13.6. The van der Waals surface area contributed by atoms with Crippen LogP contribution in [0.2, 0.25) is 0 Å². The van der Waals surface area contributed by atoms with E-state index in [-0.39, 0.29) is 5.41 Å². The van der Waals surface area contributed by atoms with E-state index in [1.807, 2.05) is 12.1 Å². The van der Waals surface area contributed by atoms with Crippen LogP contribution >= 0.6 is 0 Å². The number of nitrogens with zero attached hydrogens (tertiary/aromatic N) is 1. The van der Waals surface area contributed by atoms with Gasteiger partial charge in [0.25, 0.3) is 0 Å². The highest BCUT2D eigenvalue weighted by atomic mass is 16.3. The van der Waals surface area contributed by atoms with Crippen molar-refractivity contribution in [1.82, 2.24) is 0 Å². The van der Waals surface area contributed by atoms with Crippen molar-refractivity contribution < 1.29 is 9.59 Å². The molecular weight excluding hydrogens is 258 g/mol. The molecule has 0 spiro atoms. The van der Waals surface area contributed by atoms with Crippen LogP contribution in [0.5, 0.6) is 5.75 Å². The first-order chi connectivity index (χ1) is 9.92. The van der Waals surface area contributed by atoms with Crippen LogP contribution in [0.25, 0.3) is 0 Å². The summed E-state index contributed by atoms with van der Waals surface area (Å²) >= 11 is 0. The predicted octanol–water partition coefficient (Wildman–Crippen LogP) is 3.47. The summed E-state index contributed by atoms with van der Waals surface area (Å²) in [4.78, 5) is 0. The Bertz CT molecular complexity index is 579. The zero-order valence-corrected chi connectivity index (χ0v) is 13.6. The van der Waals surface area contributed by atoms with E-state index in [1.165, 1.54) is 54.4 Å². The number of phenolic OH excluding ortho intramolecular Hbond substituents is 1. The van der Waals surface area contributed by atoms with Crippen molar-refractivity contribution in [2.45, 2.75) is 51.0 Å². The summed E-state index contributed by atoms with van der Waals surface area (Å²) in [7, 11) is 2.50. The largest absolute Gasteiger partial charge is 0.508 e. The Kier molecular flexibility index (Phi) is 2.76. The molecule has 1 aromatic carbocycles. The Morgan fingerprint density at radius 1 is 1.33 bits per heavy atom. The molecule has 2 aliphatic carbocycles. The second-order valence-corrected chi connectivity index (χ2v) is 8.40. The van der Waals surface area contributed by atoms with Gasteiger partial charge < -0.3 is 9.59 Å². The van der Waals surface area contributed by atoms with Gasteiger partial charge in [0.2, 0.25) is 0 Å². The molecule has 1 heterocycles. The molecule has 2 nitrogen and oxygen atoms in total. The fraction of sp³-hybridized carbons (Fsp3) is 0.684. The molecule has 1 aromatic rings. The summed E-state index contributed by atoms with van der Waals surface area (Å²) in [5, 5.41) is 9.91. The monoisotopic (exact) mass is 286 g/mol. The van der Waals surface area contributed by atoms with Crippen molar-refractivity contribution in [2.75, 3.05) is 20.1 Å². The van der Waals surface area contributed by atoms with Crippen LogP contribution in [-0.4, -0.2) is 35.8 Å². The maximum Gasteiger partial charge on any atom is 0.115 e. The van der Waals surface area contributed by atoms with Gasteiger partial charge >= 0.3 is 0 Å².